The van der Waals surface area contributed by atoms with E-state index >= 15 is 0 Å². The molecule has 0 spiro atoms. The number of allylic oxidation sites excluding steroid dienone is 1. The number of aliphatic imine (C=N–C) groups is 1. The van der Waals surface area contributed by atoms with Crippen molar-refractivity contribution in [2.75, 3.05) is 33.2 Å². The zero-order valence-corrected chi connectivity index (χ0v) is 15.5. The number of hydrogen-bond acceptors (Lipinski definition) is 2. The zero-order valence-electron chi connectivity index (χ0n) is 13.2. The van der Waals surface area contributed by atoms with Gasteiger partial charge in [0.15, 0.2) is 5.96 Å². The van der Waals surface area contributed by atoms with Gasteiger partial charge in [-0.15, -0.1) is 24.0 Å². The Bertz CT molecular complexity index is 284. The Hall–Kier alpha value is -0.300. The van der Waals surface area contributed by atoms with Gasteiger partial charge in [-0.2, -0.15) is 0 Å². The normalized spacial score (nSPS) is 18.1. The predicted octanol–water partition coefficient (Wildman–Crippen LogP) is 2.61. The summed E-state index contributed by atoms with van der Waals surface area (Å²) in [5.41, 5.74) is 0. The van der Waals surface area contributed by atoms with Crippen molar-refractivity contribution in [2.24, 2.45) is 4.99 Å². The van der Waals surface area contributed by atoms with Crippen molar-refractivity contribution >= 4 is 29.9 Å². The van der Waals surface area contributed by atoms with Crippen molar-refractivity contribution in [3.05, 3.63) is 12.2 Å². The van der Waals surface area contributed by atoms with Crippen LogP contribution in [0.4, 0.5) is 0 Å². The smallest absolute Gasteiger partial charge is 0.191 e. The molecule has 0 amide bonds. The van der Waals surface area contributed by atoms with Crippen molar-refractivity contribution < 1.29 is 0 Å². The molecule has 0 unspecified atom stereocenters. The first kappa shape index (κ1) is 19.7. The van der Waals surface area contributed by atoms with E-state index in [1.165, 1.54) is 38.9 Å². The molecule has 5 heteroatoms. The maximum Gasteiger partial charge on any atom is 0.191 e. The highest BCUT2D eigenvalue weighted by molar-refractivity contribution is 14.0. The molecule has 0 bridgehead atoms. The van der Waals surface area contributed by atoms with Gasteiger partial charge in [0.25, 0.3) is 0 Å². The second-order valence-electron chi connectivity index (χ2n) is 5.12. The minimum atomic E-state index is 0. The summed E-state index contributed by atoms with van der Waals surface area (Å²) in [4.78, 5) is 6.85. The Balaban J connectivity index is 0.00000361. The monoisotopic (exact) mass is 394 g/mol. The van der Waals surface area contributed by atoms with Crippen LogP contribution in [0, 0.1) is 0 Å². The van der Waals surface area contributed by atoms with Crippen molar-refractivity contribution in [1.82, 2.24) is 15.5 Å². The molecule has 1 aliphatic rings. The number of guanidine groups is 1. The van der Waals surface area contributed by atoms with E-state index in [0.717, 1.165) is 18.9 Å². The van der Waals surface area contributed by atoms with Crippen LogP contribution in [0.2, 0.25) is 0 Å². The lowest BCUT2D eigenvalue weighted by Gasteiger charge is -2.32. The third-order valence-corrected chi connectivity index (χ3v) is 3.53. The average molecular weight is 394 g/mol. The lowest BCUT2D eigenvalue weighted by molar-refractivity contribution is 0.206. The lowest BCUT2D eigenvalue weighted by atomic mass is 10.1. The van der Waals surface area contributed by atoms with Crippen molar-refractivity contribution in [1.29, 1.82) is 0 Å². The van der Waals surface area contributed by atoms with Gasteiger partial charge in [-0.25, -0.2) is 0 Å². The highest BCUT2D eigenvalue weighted by atomic mass is 127. The predicted molar refractivity (Wildman–Crippen MR) is 99.1 cm³/mol. The van der Waals surface area contributed by atoms with Gasteiger partial charge in [0.05, 0.1) is 0 Å². The molecule has 2 N–H and O–H groups in total. The second kappa shape index (κ2) is 12.4. The lowest BCUT2D eigenvalue weighted by Crippen LogP contribution is -2.48. The summed E-state index contributed by atoms with van der Waals surface area (Å²) < 4.78 is 0. The number of nitrogens with zero attached hydrogens (tertiary/aromatic N) is 2. The maximum atomic E-state index is 4.29. The van der Waals surface area contributed by atoms with Crippen LogP contribution in [0.3, 0.4) is 0 Å². The van der Waals surface area contributed by atoms with Gasteiger partial charge in [-0.05, 0) is 39.2 Å². The molecular formula is C15H31IN4. The van der Waals surface area contributed by atoms with Crippen LogP contribution < -0.4 is 10.6 Å². The minimum Gasteiger partial charge on any atom is -0.356 e. The summed E-state index contributed by atoms with van der Waals surface area (Å²) in [6.07, 6.45) is 8.99. The number of hydrogen-bond donors (Lipinski definition) is 2. The zero-order chi connectivity index (χ0) is 13.9. The highest BCUT2D eigenvalue weighted by Gasteiger charge is 2.18. The van der Waals surface area contributed by atoms with Gasteiger partial charge >= 0.3 is 0 Å². The Kier molecular flexibility index (Phi) is 12.3. The van der Waals surface area contributed by atoms with E-state index in [0.29, 0.717) is 6.04 Å². The molecule has 4 nitrogen and oxygen atoms in total. The SMILES string of the molecule is C/C=C/CCNC(=NC)NC1CCN(CCC)CC1.I. The number of nitrogens with one attached hydrogen (secondary N) is 2. The molecule has 0 atom stereocenters. The van der Waals surface area contributed by atoms with E-state index in [1.807, 2.05) is 7.05 Å². The van der Waals surface area contributed by atoms with Crippen LogP contribution in [0.1, 0.15) is 39.5 Å². The molecule has 0 aliphatic carbocycles. The summed E-state index contributed by atoms with van der Waals surface area (Å²) in [6.45, 7) is 8.90. The van der Waals surface area contributed by atoms with Gasteiger partial charge in [-0.1, -0.05) is 19.1 Å². The van der Waals surface area contributed by atoms with E-state index in [-0.39, 0.29) is 24.0 Å². The molecule has 0 saturated carbocycles. The Morgan fingerprint density at radius 2 is 2.05 bits per heavy atom. The molecule has 0 aromatic heterocycles. The quantitative estimate of drug-likeness (QED) is 0.239. The van der Waals surface area contributed by atoms with Crippen molar-refractivity contribution in [3.8, 4) is 0 Å². The van der Waals surface area contributed by atoms with Gasteiger partial charge in [0.2, 0.25) is 0 Å². The molecule has 1 rings (SSSR count). The number of piperidine rings is 1. The number of halogens is 1. The Morgan fingerprint density at radius 1 is 1.35 bits per heavy atom. The highest BCUT2D eigenvalue weighted by Crippen LogP contribution is 2.10. The van der Waals surface area contributed by atoms with Crippen LogP contribution in [-0.4, -0.2) is 50.1 Å². The Labute approximate surface area is 141 Å². The summed E-state index contributed by atoms with van der Waals surface area (Å²) in [5, 5.41) is 6.90. The minimum absolute atomic E-state index is 0. The summed E-state index contributed by atoms with van der Waals surface area (Å²) in [6, 6.07) is 0.570. The molecule has 1 aliphatic heterocycles. The number of likely N-dealkylation sites (tertiary alicyclic amines) is 1. The topological polar surface area (TPSA) is 39.7 Å². The fraction of sp³-hybridized carbons (Fsp3) is 0.800. The molecule has 1 saturated heterocycles. The molecule has 20 heavy (non-hydrogen) atoms. The van der Waals surface area contributed by atoms with E-state index < -0.39 is 0 Å². The molecule has 1 fully saturated rings. The van der Waals surface area contributed by atoms with Crippen LogP contribution in [-0.2, 0) is 0 Å². The molecule has 0 radical (unpaired) electrons. The summed E-state index contributed by atoms with van der Waals surface area (Å²) >= 11 is 0. The van der Waals surface area contributed by atoms with Crippen LogP contribution in [0.15, 0.2) is 17.1 Å². The maximum absolute atomic E-state index is 4.29. The van der Waals surface area contributed by atoms with E-state index in [9.17, 15) is 0 Å². The fourth-order valence-electron chi connectivity index (χ4n) is 2.45. The third kappa shape index (κ3) is 8.09. The van der Waals surface area contributed by atoms with Crippen molar-refractivity contribution in [2.45, 2.75) is 45.6 Å². The average Bonchev–Trinajstić information content (AvgIpc) is 2.44. The summed E-state index contributed by atoms with van der Waals surface area (Å²) in [7, 11) is 1.84. The van der Waals surface area contributed by atoms with Gasteiger partial charge in [0, 0.05) is 32.7 Å². The largest absolute Gasteiger partial charge is 0.356 e. The first-order chi connectivity index (χ1) is 9.30. The molecule has 0 aromatic carbocycles. The standard InChI is InChI=1S/C15H30N4.HI/c1-4-6-7-10-17-15(16-3)18-14-8-12-19(11-5-2)13-9-14;/h4,6,14H,5,7-13H2,1-3H3,(H2,16,17,18);1H/b6-4+;. The Morgan fingerprint density at radius 3 is 2.60 bits per heavy atom. The molecule has 1 heterocycles. The van der Waals surface area contributed by atoms with Crippen LogP contribution >= 0.6 is 24.0 Å². The summed E-state index contributed by atoms with van der Waals surface area (Å²) in [5.74, 6) is 0.943. The van der Waals surface area contributed by atoms with E-state index in [2.05, 4.69) is 46.5 Å². The fourth-order valence-corrected chi connectivity index (χ4v) is 2.45. The number of rotatable bonds is 6. The van der Waals surface area contributed by atoms with Gasteiger partial charge < -0.3 is 15.5 Å². The van der Waals surface area contributed by atoms with Crippen LogP contribution in [0.25, 0.3) is 0 Å². The first-order valence-electron chi connectivity index (χ1n) is 7.60. The van der Waals surface area contributed by atoms with Gasteiger partial charge in [0.1, 0.15) is 0 Å². The van der Waals surface area contributed by atoms with Crippen LogP contribution in [0.5, 0.6) is 0 Å². The van der Waals surface area contributed by atoms with Gasteiger partial charge in [-0.3, -0.25) is 4.99 Å². The van der Waals surface area contributed by atoms with E-state index in [4.69, 9.17) is 0 Å². The first-order valence-corrected chi connectivity index (χ1v) is 7.60. The van der Waals surface area contributed by atoms with E-state index in [1.54, 1.807) is 0 Å². The molecular weight excluding hydrogens is 363 g/mol. The third-order valence-electron chi connectivity index (χ3n) is 3.53. The molecule has 118 valence electrons. The molecule has 0 aromatic rings. The van der Waals surface area contributed by atoms with Crippen molar-refractivity contribution in [3.63, 3.8) is 0 Å². The second-order valence-corrected chi connectivity index (χ2v) is 5.12.